The molecule has 0 aliphatic heterocycles. The number of hydrogen-bond acceptors (Lipinski definition) is 9. The third-order valence-corrected chi connectivity index (χ3v) is 6.72. The highest BCUT2D eigenvalue weighted by Crippen LogP contribution is 2.39. The second-order valence-electron chi connectivity index (χ2n) is 7.28. The van der Waals surface area contributed by atoms with Crippen molar-refractivity contribution >= 4 is 35.1 Å². The number of carbonyl (C=O) groups excluding carboxylic acids is 2. The van der Waals surface area contributed by atoms with Gasteiger partial charge in [0.25, 0.3) is 6.47 Å². The predicted molar refractivity (Wildman–Crippen MR) is 121 cm³/mol. The first-order valence-corrected chi connectivity index (χ1v) is 11.3. The van der Waals surface area contributed by atoms with Crippen molar-refractivity contribution in [2.24, 2.45) is 5.92 Å². The minimum absolute atomic E-state index is 0.184. The number of hydrogen-bond donors (Lipinski definition) is 0. The molecule has 164 valence electrons. The van der Waals surface area contributed by atoms with Crippen molar-refractivity contribution in [1.29, 1.82) is 0 Å². The van der Waals surface area contributed by atoms with E-state index in [1.165, 1.54) is 29.8 Å². The summed E-state index contributed by atoms with van der Waals surface area (Å²) in [6.07, 6.45) is 0. The van der Waals surface area contributed by atoms with Crippen molar-refractivity contribution < 1.29 is 23.8 Å². The summed E-state index contributed by atoms with van der Waals surface area (Å²) in [5.41, 5.74) is 3.12. The Labute approximate surface area is 189 Å². The molecule has 31 heavy (non-hydrogen) atoms. The van der Waals surface area contributed by atoms with Crippen LogP contribution in [0.2, 0.25) is 0 Å². The SMILES string of the molecule is COC(=O)c1sc(-c2ccc(OCC(C)C)c(-c3nc(C)c(COC=O)s3)c2)nc1C. The maximum Gasteiger partial charge on any atom is 0.349 e. The van der Waals surface area contributed by atoms with Crippen LogP contribution < -0.4 is 4.74 Å². The average molecular weight is 461 g/mol. The minimum Gasteiger partial charge on any atom is -0.493 e. The van der Waals surface area contributed by atoms with Crippen LogP contribution in [0.5, 0.6) is 5.75 Å². The lowest BCUT2D eigenvalue weighted by Crippen LogP contribution is -2.05. The van der Waals surface area contributed by atoms with E-state index in [0.29, 0.717) is 34.6 Å². The molecule has 0 radical (unpaired) electrons. The molecule has 7 nitrogen and oxygen atoms in total. The molecule has 0 spiro atoms. The first-order valence-electron chi connectivity index (χ1n) is 9.68. The highest BCUT2D eigenvalue weighted by Gasteiger charge is 2.20. The van der Waals surface area contributed by atoms with E-state index in [1.54, 1.807) is 6.92 Å². The molecule has 0 N–H and O–H groups in total. The van der Waals surface area contributed by atoms with Gasteiger partial charge in [0.1, 0.15) is 27.2 Å². The minimum atomic E-state index is -0.395. The lowest BCUT2D eigenvalue weighted by atomic mass is 10.1. The van der Waals surface area contributed by atoms with Gasteiger partial charge in [-0.1, -0.05) is 13.8 Å². The van der Waals surface area contributed by atoms with Crippen LogP contribution >= 0.6 is 22.7 Å². The number of aromatic nitrogens is 2. The number of rotatable bonds is 9. The first kappa shape index (κ1) is 22.9. The van der Waals surface area contributed by atoms with E-state index in [2.05, 4.69) is 23.8 Å². The van der Waals surface area contributed by atoms with E-state index < -0.39 is 5.97 Å². The van der Waals surface area contributed by atoms with Gasteiger partial charge in [-0.2, -0.15) is 0 Å². The summed E-state index contributed by atoms with van der Waals surface area (Å²) in [7, 11) is 1.36. The van der Waals surface area contributed by atoms with E-state index in [9.17, 15) is 9.59 Å². The van der Waals surface area contributed by atoms with Crippen molar-refractivity contribution in [1.82, 2.24) is 9.97 Å². The van der Waals surface area contributed by atoms with Crippen LogP contribution in [0.4, 0.5) is 0 Å². The summed E-state index contributed by atoms with van der Waals surface area (Å²) in [6.45, 7) is 9.03. The molecule has 3 aromatic rings. The van der Waals surface area contributed by atoms with Crippen molar-refractivity contribution in [3.8, 4) is 26.9 Å². The first-order chi connectivity index (χ1) is 14.8. The van der Waals surface area contributed by atoms with Crippen LogP contribution in [0.3, 0.4) is 0 Å². The van der Waals surface area contributed by atoms with E-state index in [-0.39, 0.29) is 6.61 Å². The number of carbonyl (C=O) groups is 2. The van der Waals surface area contributed by atoms with Crippen molar-refractivity contribution in [3.63, 3.8) is 0 Å². The molecule has 0 amide bonds. The maximum absolute atomic E-state index is 12.0. The zero-order chi connectivity index (χ0) is 22.5. The Morgan fingerprint density at radius 1 is 1.13 bits per heavy atom. The summed E-state index contributed by atoms with van der Waals surface area (Å²) in [5.74, 6) is 0.690. The largest absolute Gasteiger partial charge is 0.493 e. The van der Waals surface area contributed by atoms with Gasteiger partial charge in [0.2, 0.25) is 0 Å². The van der Waals surface area contributed by atoms with Crippen molar-refractivity contribution in [3.05, 3.63) is 39.3 Å². The van der Waals surface area contributed by atoms with Crippen LogP contribution in [0.1, 0.15) is 39.8 Å². The van der Waals surface area contributed by atoms with Gasteiger partial charge in [0, 0.05) is 5.56 Å². The molecule has 0 saturated carbocycles. The topological polar surface area (TPSA) is 87.6 Å². The van der Waals surface area contributed by atoms with E-state index in [4.69, 9.17) is 14.2 Å². The number of methoxy groups -OCH3 is 1. The normalized spacial score (nSPS) is 10.9. The van der Waals surface area contributed by atoms with E-state index >= 15 is 0 Å². The molecule has 1 aromatic carbocycles. The molecule has 0 bridgehead atoms. The number of esters is 1. The zero-order valence-electron chi connectivity index (χ0n) is 18.1. The molecular formula is C22H24N2O5S2. The third kappa shape index (κ3) is 5.29. The Balaban J connectivity index is 2.05. The van der Waals surface area contributed by atoms with Crippen molar-refractivity contribution in [2.45, 2.75) is 34.3 Å². The summed E-state index contributed by atoms with van der Waals surface area (Å²) < 4.78 is 15.8. The van der Waals surface area contributed by atoms with E-state index in [0.717, 1.165) is 32.5 Å². The van der Waals surface area contributed by atoms with Gasteiger partial charge in [0.15, 0.2) is 0 Å². The van der Waals surface area contributed by atoms with Gasteiger partial charge in [-0.15, -0.1) is 22.7 Å². The lowest BCUT2D eigenvalue weighted by molar-refractivity contribution is -0.129. The molecule has 0 atom stereocenters. The maximum atomic E-state index is 12.0. The van der Waals surface area contributed by atoms with Gasteiger partial charge in [-0.25, -0.2) is 14.8 Å². The summed E-state index contributed by atoms with van der Waals surface area (Å²) in [6, 6.07) is 5.80. The molecule has 0 aliphatic rings. The molecule has 0 aliphatic carbocycles. The summed E-state index contributed by atoms with van der Waals surface area (Å²) >= 11 is 2.75. The number of ether oxygens (including phenoxy) is 3. The molecule has 2 heterocycles. The Morgan fingerprint density at radius 3 is 2.55 bits per heavy atom. The number of thiazole rings is 2. The van der Waals surface area contributed by atoms with Gasteiger partial charge < -0.3 is 14.2 Å². The Morgan fingerprint density at radius 2 is 1.87 bits per heavy atom. The molecule has 0 fully saturated rings. The third-order valence-electron chi connectivity index (χ3n) is 4.37. The van der Waals surface area contributed by atoms with Crippen LogP contribution in [0.25, 0.3) is 21.1 Å². The Kier molecular flexibility index (Phi) is 7.40. The number of benzene rings is 1. The number of aryl methyl sites for hydroxylation is 2. The molecule has 2 aromatic heterocycles. The van der Waals surface area contributed by atoms with Crippen LogP contribution in [-0.4, -0.2) is 36.1 Å². The molecule has 3 rings (SSSR count). The lowest BCUT2D eigenvalue weighted by Gasteiger charge is -2.13. The molecule has 0 saturated heterocycles. The average Bonchev–Trinajstić information content (AvgIpc) is 3.32. The Bertz CT molecular complexity index is 1090. The fraction of sp³-hybridized carbons (Fsp3) is 0.364. The van der Waals surface area contributed by atoms with Gasteiger partial charge >= 0.3 is 5.97 Å². The molecule has 9 heteroatoms. The fourth-order valence-electron chi connectivity index (χ4n) is 2.80. The monoisotopic (exact) mass is 460 g/mol. The van der Waals surface area contributed by atoms with Crippen molar-refractivity contribution in [2.75, 3.05) is 13.7 Å². The second kappa shape index (κ2) is 10.0. The highest BCUT2D eigenvalue weighted by molar-refractivity contribution is 7.17. The fourth-order valence-corrected chi connectivity index (χ4v) is 4.79. The Hall–Kier alpha value is -2.78. The number of nitrogens with zero attached hydrogens (tertiary/aromatic N) is 2. The second-order valence-corrected chi connectivity index (χ2v) is 9.36. The van der Waals surface area contributed by atoms with E-state index in [1.807, 2.05) is 25.1 Å². The molecular weight excluding hydrogens is 436 g/mol. The quantitative estimate of drug-likeness (QED) is 0.326. The standard InChI is InChI=1S/C22H24N2O5S2/c1-12(2)9-29-17-7-6-15(20-24-14(4)19(31-20)22(26)27-5)8-16(17)21-23-13(3)18(30-21)10-28-11-25/h6-8,11-12H,9-10H2,1-5H3. The summed E-state index contributed by atoms with van der Waals surface area (Å²) in [4.78, 5) is 33.1. The zero-order valence-corrected chi connectivity index (χ0v) is 19.7. The predicted octanol–water partition coefficient (Wildman–Crippen LogP) is 5.04. The molecule has 0 unspecified atom stereocenters. The van der Waals surface area contributed by atoms with Crippen LogP contribution in [0.15, 0.2) is 18.2 Å². The van der Waals surface area contributed by atoms with Gasteiger partial charge in [-0.05, 0) is 38.0 Å². The smallest absolute Gasteiger partial charge is 0.349 e. The van der Waals surface area contributed by atoms with Gasteiger partial charge in [0.05, 0.1) is 35.5 Å². The summed E-state index contributed by atoms with van der Waals surface area (Å²) in [5, 5.41) is 1.48. The highest BCUT2D eigenvalue weighted by atomic mass is 32.1. The van der Waals surface area contributed by atoms with Crippen LogP contribution in [-0.2, 0) is 20.9 Å². The van der Waals surface area contributed by atoms with Gasteiger partial charge in [-0.3, -0.25) is 4.79 Å². The van der Waals surface area contributed by atoms with Crippen LogP contribution in [0, 0.1) is 19.8 Å².